The molecule has 0 unspecified atom stereocenters. The molecule has 1 aromatic carbocycles. The van der Waals surface area contributed by atoms with E-state index < -0.39 is 0 Å². The van der Waals surface area contributed by atoms with E-state index >= 15 is 0 Å². The zero-order valence-electron chi connectivity index (χ0n) is 14.1. The van der Waals surface area contributed by atoms with Gasteiger partial charge in [-0.1, -0.05) is 39.8 Å². The van der Waals surface area contributed by atoms with Crippen molar-refractivity contribution >= 4 is 23.2 Å². The third kappa shape index (κ3) is 5.36. The summed E-state index contributed by atoms with van der Waals surface area (Å²) in [7, 11) is 0. The second kappa shape index (κ2) is 7.72. The molecule has 1 amide bonds. The zero-order valence-corrected chi connectivity index (χ0v) is 14.1. The van der Waals surface area contributed by atoms with Gasteiger partial charge < -0.3 is 10.6 Å². The first-order chi connectivity index (χ1) is 10.9. The molecular weight excluding hydrogens is 288 g/mol. The van der Waals surface area contributed by atoms with Gasteiger partial charge in [0.25, 0.3) is 0 Å². The van der Waals surface area contributed by atoms with Gasteiger partial charge >= 0.3 is 0 Å². The number of hydrogen-bond acceptors (Lipinski definition) is 4. The van der Waals surface area contributed by atoms with E-state index in [1.54, 1.807) is 12.1 Å². The second-order valence-electron chi connectivity index (χ2n) is 6.35. The molecule has 0 spiro atoms. The Morgan fingerprint density at radius 1 is 0.957 bits per heavy atom. The number of carbonyl (C=O) groups excluding carboxylic acids is 1. The quantitative estimate of drug-likeness (QED) is 0.833. The van der Waals surface area contributed by atoms with Crippen LogP contribution in [0.15, 0.2) is 36.4 Å². The Morgan fingerprint density at radius 3 is 2.09 bits per heavy atom. The highest BCUT2D eigenvalue weighted by Gasteiger charge is 2.07. The maximum absolute atomic E-state index is 11.7. The number of carbonyl (C=O) groups is 1. The predicted octanol–water partition coefficient (Wildman–Crippen LogP) is 4.33. The standard InChI is InChI=1S/C18H24N4O/c1-12(2)11-18(23)20-17-10-9-16(21-22-17)19-15-7-5-14(6-8-15)13(3)4/h5-10,12-13H,11H2,1-4H3,(H,19,21)(H,20,22,23). The van der Waals surface area contributed by atoms with Crippen molar-refractivity contribution in [2.45, 2.75) is 40.0 Å². The minimum atomic E-state index is -0.0423. The molecule has 1 aromatic heterocycles. The minimum absolute atomic E-state index is 0.0423. The molecule has 0 saturated heterocycles. The van der Waals surface area contributed by atoms with Gasteiger partial charge in [-0.25, -0.2) is 0 Å². The summed E-state index contributed by atoms with van der Waals surface area (Å²) >= 11 is 0. The summed E-state index contributed by atoms with van der Waals surface area (Å²) in [5, 5.41) is 14.1. The van der Waals surface area contributed by atoms with Gasteiger partial charge in [-0.2, -0.15) is 0 Å². The molecule has 0 saturated carbocycles. The minimum Gasteiger partial charge on any atom is -0.339 e. The molecule has 0 aliphatic carbocycles. The van der Waals surface area contributed by atoms with Crippen LogP contribution in [0.25, 0.3) is 0 Å². The monoisotopic (exact) mass is 312 g/mol. The number of nitrogens with zero attached hydrogens (tertiary/aromatic N) is 2. The molecular formula is C18H24N4O. The van der Waals surface area contributed by atoms with E-state index in [-0.39, 0.29) is 5.91 Å². The fraction of sp³-hybridized carbons (Fsp3) is 0.389. The third-order valence-corrected chi connectivity index (χ3v) is 3.38. The van der Waals surface area contributed by atoms with Gasteiger partial charge in [0, 0.05) is 12.1 Å². The SMILES string of the molecule is CC(C)CC(=O)Nc1ccc(Nc2ccc(C(C)C)cc2)nn1. The summed E-state index contributed by atoms with van der Waals surface area (Å²) in [4.78, 5) is 11.7. The molecule has 0 atom stereocenters. The Morgan fingerprint density at radius 2 is 1.57 bits per heavy atom. The Kier molecular flexibility index (Phi) is 5.68. The van der Waals surface area contributed by atoms with Crippen molar-refractivity contribution in [3.8, 4) is 0 Å². The van der Waals surface area contributed by atoms with Gasteiger partial charge in [0.1, 0.15) is 0 Å². The van der Waals surface area contributed by atoms with Crippen molar-refractivity contribution < 1.29 is 4.79 Å². The van der Waals surface area contributed by atoms with Gasteiger partial charge in [0.15, 0.2) is 11.6 Å². The van der Waals surface area contributed by atoms with Crippen molar-refractivity contribution in [2.24, 2.45) is 5.92 Å². The van der Waals surface area contributed by atoms with Crippen molar-refractivity contribution in [3.05, 3.63) is 42.0 Å². The van der Waals surface area contributed by atoms with E-state index in [0.29, 0.717) is 29.9 Å². The summed E-state index contributed by atoms with van der Waals surface area (Å²) in [5.41, 5.74) is 2.25. The number of hydrogen-bond donors (Lipinski definition) is 2. The highest BCUT2D eigenvalue weighted by molar-refractivity contribution is 5.89. The summed E-state index contributed by atoms with van der Waals surface area (Å²) in [6, 6.07) is 11.8. The number of nitrogens with one attached hydrogen (secondary N) is 2. The number of anilines is 3. The molecule has 5 heteroatoms. The summed E-state index contributed by atoms with van der Waals surface area (Å²) in [5.74, 6) is 1.90. The highest BCUT2D eigenvalue weighted by atomic mass is 16.1. The van der Waals surface area contributed by atoms with Gasteiger partial charge in [-0.05, 0) is 41.7 Å². The lowest BCUT2D eigenvalue weighted by Crippen LogP contribution is -2.15. The van der Waals surface area contributed by atoms with Crippen LogP contribution in [0.2, 0.25) is 0 Å². The first-order valence-electron chi connectivity index (χ1n) is 7.94. The smallest absolute Gasteiger partial charge is 0.225 e. The topological polar surface area (TPSA) is 66.9 Å². The maximum atomic E-state index is 11.7. The lowest BCUT2D eigenvalue weighted by Gasteiger charge is -2.09. The van der Waals surface area contributed by atoms with Crippen LogP contribution in [-0.4, -0.2) is 16.1 Å². The molecule has 0 radical (unpaired) electrons. The maximum Gasteiger partial charge on any atom is 0.225 e. The molecule has 0 bridgehead atoms. The predicted molar refractivity (Wildman–Crippen MR) is 93.9 cm³/mol. The largest absolute Gasteiger partial charge is 0.339 e. The van der Waals surface area contributed by atoms with Crippen LogP contribution in [-0.2, 0) is 4.79 Å². The van der Waals surface area contributed by atoms with Gasteiger partial charge in [0.2, 0.25) is 5.91 Å². The van der Waals surface area contributed by atoms with E-state index in [1.807, 2.05) is 26.0 Å². The second-order valence-corrected chi connectivity index (χ2v) is 6.35. The average molecular weight is 312 g/mol. The summed E-state index contributed by atoms with van der Waals surface area (Å²) in [6.07, 6.45) is 0.476. The molecule has 23 heavy (non-hydrogen) atoms. The van der Waals surface area contributed by atoms with E-state index in [0.717, 1.165) is 5.69 Å². The lowest BCUT2D eigenvalue weighted by molar-refractivity contribution is -0.116. The first-order valence-corrected chi connectivity index (χ1v) is 7.94. The Balaban J connectivity index is 1.95. The van der Waals surface area contributed by atoms with Crippen molar-refractivity contribution in [1.29, 1.82) is 0 Å². The fourth-order valence-corrected chi connectivity index (χ4v) is 2.13. The molecule has 0 aliphatic heterocycles. The van der Waals surface area contributed by atoms with Crippen LogP contribution < -0.4 is 10.6 Å². The van der Waals surface area contributed by atoms with E-state index in [4.69, 9.17) is 0 Å². The van der Waals surface area contributed by atoms with Crippen LogP contribution in [0, 0.1) is 5.92 Å². The number of amides is 1. The molecule has 0 aliphatic rings. The highest BCUT2D eigenvalue weighted by Crippen LogP contribution is 2.19. The number of rotatable bonds is 6. The van der Waals surface area contributed by atoms with Crippen molar-refractivity contribution in [2.75, 3.05) is 10.6 Å². The van der Waals surface area contributed by atoms with Crippen LogP contribution in [0.1, 0.15) is 45.6 Å². The normalized spacial score (nSPS) is 10.9. The summed E-state index contributed by atoms with van der Waals surface area (Å²) in [6.45, 7) is 8.34. The van der Waals surface area contributed by atoms with Gasteiger partial charge in [0.05, 0.1) is 0 Å². The first kappa shape index (κ1) is 16.9. The molecule has 1 heterocycles. The zero-order chi connectivity index (χ0) is 16.8. The molecule has 2 N–H and O–H groups in total. The third-order valence-electron chi connectivity index (χ3n) is 3.38. The Labute approximate surface area is 137 Å². The average Bonchev–Trinajstić information content (AvgIpc) is 2.49. The van der Waals surface area contributed by atoms with Crippen molar-refractivity contribution in [1.82, 2.24) is 10.2 Å². The number of benzene rings is 1. The van der Waals surface area contributed by atoms with E-state index in [2.05, 4.69) is 46.8 Å². The van der Waals surface area contributed by atoms with Crippen molar-refractivity contribution in [3.63, 3.8) is 0 Å². The lowest BCUT2D eigenvalue weighted by atomic mass is 10.0. The Hall–Kier alpha value is -2.43. The van der Waals surface area contributed by atoms with Crippen LogP contribution in [0.4, 0.5) is 17.3 Å². The van der Waals surface area contributed by atoms with E-state index in [1.165, 1.54) is 5.56 Å². The van der Waals surface area contributed by atoms with Crippen LogP contribution >= 0.6 is 0 Å². The molecule has 2 aromatic rings. The van der Waals surface area contributed by atoms with Gasteiger partial charge in [-0.15, -0.1) is 10.2 Å². The van der Waals surface area contributed by atoms with Crippen LogP contribution in [0.3, 0.4) is 0 Å². The molecule has 122 valence electrons. The molecule has 5 nitrogen and oxygen atoms in total. The van der Waals surface area contributed by atoms with E-state index in [9.17, 15) is 4.79 Å². The summed E-state index contributed by atoms with van der Waals surface area (Å²) < 4.78 is 0. The van der Waals surface area contributed by atoms with Gasteiger partial charge in [-0.3, -0.25) is 4.79 Å². The molecule has 0 fully saturated rings. The fourth-order valence-electron chi connectivity index (χ4n) is 2.13. The number of aromatic nitrogens is 2. The Bertz CT molecular complexity index is 633. The van der Waals surface area contributed by atoms with Crippen LogP contribution in [0.5, 0.6) is 0 Å². The molecule has 2 rings (SSSR count).